The largest absolute Gasteiger partial charge is 0.357 e. The van der Waals surface area contributed by atoms with Crippen molar-refractivity contribution in [2.24, 2.45) is 4.99 Å². The number of guanidine groups is 1. The number of aryl methyl sites for hydroxylation is 1. The fourth-order valence-electron chi connectivity index (χ4n) is 2.93. The highest BCUT2D eigenvalue weighted by Gasteiger charge is 2.15. The number of carbonyl (C=O) groups is 1. The smallest absolute Gasteiger partial charge is 0.222 e. The molecule has 7 heteroatoms. The molecule has 2 heterocycles. The number of aromatic nitrogens is 1. The van der Waals surface area contributed by atoms with E-state index in [4.69, 9.17) is 0 Å². The zero-order valence-corrected chi connectivity index (χ0v) is 18.3. The lowest BCUT2D eigenvalue weighted by atomic mass is 10.2. The van der Waals surface area contributed by atoms with E-state index < -0.39 is 0 Å². The number of likely N-dealkylation sites (tertiary alicyclic amines) is 1. The molecule has 0 atom stereocenters. The van der Waals surface area contributed by atoms with Gasteiger partial charge in [0.2, 0.25) is 5.91 Å². The van der Waals surface area contributed by atoms with Crippen LogP contribution in [0.5, 0.6) is 0 Å². The van der Waals surface area contributed by atoms with Gasteiger partial charge in [-0.15, -0.1) is 24.0 Å². The van der Waals surface area contributed by atoms with Crippen LogP contribution in [0, 0.1) is 6.92 Å². The predicted molar refractivity (Wildman–Crippen MR) is 117 cm³/mol. The van der Waals surface area contributed by atoms with Crippen molar-refractivity contribution >= 4 is 35.8 Å². The van der Waals surface area contributed by atoms with Crippen LogP contribution in [0.4, 0.5) is 0 Å². The third-order valence-corrected chi connectivity index (χ3v) is 4.42. The number of hydrogen-bond donors (Lipinski definition) is 2. The van der Waals surface area contributed by atoms with Crippen LogP contribution in [0.1, 0.15) is 50.3 Å². The molecule has 1 fully saturated rings. The van der Waals surface area contributed by atoms with Crippen molar-refractivity contribution in [2.75, 3.05) is 26.2 Å². The zero-order valence-electron chi connectivity index (χ0n) is 16.0. The van der Waals surface area contributed by atoms with Gasteiger partial charge in [-0.05, 0) is 44.7 Å². The van der Waals surface area contributed by atoms with Crippen molar-refractivity contribution in [2.45, 2.75) is 52.5 Å². The Balaban J connectivity index is 0.00000338. The van der Waals surface area contributed by atoms with Gasteiger partial charge in [0.1, 0.15) is 0 Å². The lowest BCUT2D eigenvalue weighted by molar-refractivity contribution is -0.130. The monoisotopic (exact) mass is 473 g/mol. The average molecular weight is 473 g/mol. The van der Waals surface area contributed by atoms with E-state index in [0.29, 0.717) is 18.9 Å². The second-order valence-electron chi connectivity index (χ2n) is 6.43. The van der Waals surface area contributed by atoms with Crippen LogP contribution >= 0.6 is 24.0 Å². The minimum Gasteiger partial charge on any atom is -0.357 e. The Morgan fingerprint density at radius 3 is 2.92 bits per heavy atom. The molecule has 1 saturated heterocycles. The fraction of sp³-hybridized carbons (Fsp3) is 0.632. The quantitative estimate of drug-likeness (QED) is 0.277. The Kier molecular flexibility index (Phi) is 11.2. The first-order valence-corrected chi connectivity index (χ1v) is 9.41. The molecule has 0 spiro atoms. The van der Waals surface area contributed by atoms with E-state index in [-0.39, 0.29) is 24.0 Å². The standard InChI is InChI=1S/C19H31N5O.HI/c1-3-20-19(23-15-17-16(2)9-7-11-21-17)22-12-8-14-24-13-6-4-5-10-18(24)25;/h7,9,11H,3-6,8,10,12-15H2,1-2H3,(H2,20,22,23);1H. The zero-order chi connectivity index (χ0) is 17.9. The highest BCUT2D eigenvalue weighted by molar-refractivity contribution is 14.0. The maximum absolute atomic E-state index is 12.0. The van der Waals surface area contributed by atoms with Crippen LogP contribution in [-0.2, 0) is 11.3 Å². The normalized spacial score (nSPS) is 15.2. The Bertz CT molecular complexity index is 579. The molecule has 2 N–H and O–H groups in total. The van der Waals surface area contributed by atoms with Crippen LogP contribution in [0.3, 0.4) is 0 Å². The van der Waals surface area contributed by atoms with Gasteiger partial charge >= 0.3 is 0 Å². The Morgan fingerprint density at radius 2 is 2.15 bits per heavy atom. The molecular formula is C19H32IN5O. The van der Waals surface area contributed by atoms with Gasteiger partial charge in [-0.25, -0.2) is 4.99 Å². The van der Waals surface area contributed by atoms with Gasteiger partial charge in [0.15, 0.2) is 5.96 Å². The molecule has 0 aliphatic carbocycles. The van der Waals surface area contributed by atoms with E-state index in [1.54, 1.807) is 6.20 Å². The summed E-state index contributed by atoms with van der Waals surface area (Å²) >= 11 is 0. The molecule has 0 radical (unpaired) electrons. The number of hydrogen-bond acceptors (Lipinski definition) is 3. The summed E-state index contributed by atoms with van der Waals surface area (Å²) in [4.78, 5) is 23.0. The van der Waals surface area contributed by atoms with Crippen LogP contribution < -0.4 is 10.6 Å². The Morgan fingerprint density at radius 1 is 1.31 bits per heavy atom. The average Bonchev–Trinajstić information content (AvgIpc) is 2.82. The van der Waals surface area contributed by atoms with Gasteiger partial charge in [-0.1, -0.05) is 12.5 Å². The predicted octanol–water partition coefficient (Wildman–Crippen LogP) is 2.86. The van der Waals surface area contributed by atoms with Gasteiger partial charge in [0.05, 0.1) is 12.2 Å². The molecule has 6 nitrogen and oxygen atoms in total. The molecule has 1 aromatic rings. The number of nitrogens with zero attached hydrogens (tertiary/aromatic N) is 3. The SMILES string of the molecule is CCNC(=NCc1ncccc1C)NCCCN1CCCCCC1=O.I. The highest BCUT2D eigenvalue weighted by Crippen LogP contribution is 2.11. The second kappa shape index (κ2) is 12.9. The maximum atomic E-state index is 12.0. The lowest BCUT2D eigenvalue weighted by Gasteiger charge is -2.20. The van der Waals surface area contributed by atoms with E-state index in [1.807, 2.05) is 11.0 Å². The second-order valence-corrected chi connectivity index (χ2v) is 6.43. The first-order chi connectivity index (χ1) is 12.2. The first kappa shape index (κ1) is 22.7. The van der Waals surface area contributed by atoms with E-state index >= 15 is 0 Å². The molecule has 1 aromatic heterocycles. The van der Waals surface area contributed by atoms with Crippen molar-refractivity contribution in [3.05, 3.63) is 29.6 Å². The Hall–Kier alpha value is -1.38. The number of aliphatic imine (C=N–C) groups is 1. The molecule has 0 saturated carbocycles. The van der Waals surface area contributed by atoms with Gasteiger partial charge in [0.25, 0.3) is 0 Å². The number of rotatable bonds is 7. The molecule has 1 aliphatic heterocycles. The summed E-state index contributed by atoms with van der Waals surface area (Å²) in [7, 11) is 0. The molecular weight excluding hydrogens is 441 g/mol. The van der Waals surface area contributed by atoms with Crippen molar-refractivity contribution < 1.29 is 4.79 Å². The summed E-state index contributed by atoms with van der Waals surface area (Å²) in [6.45, 7) is 8.02. The number of carbonyl (C=O) groups excluding carboxylic acids is 1. The van der Waals surface area contributed by atoms with E-state index in [9.17, 15) is 4.79 Å². The molecule has 1 amide bonds. The van der Waals surface area contributed by atoms with Crippen LogP contribution in [0.2, 0.25) is 0 Å². The van der Waals surface area contributed by atoms with Crippen LogP contribution in [0.15, 0.2) is 23.3 Å². The number of nitrogens with one attached hydrogen (secondary N) is 2. The maximum Gasteiger partial charge on any atom is 0.222 e. The van der Waals surface area contributed by atoms with Crippen molar-refractivity contribution in [3.63, 3.8) is 0 Å². The summed E-state index contributed by atoms with van der Waals surface area (Å²) in [6, 6.07) is 3.99. The summed E-state index contributed by atoms with van der Waals surface area (Å²) in [5.41, 5.74) is 2.15. The van der Waals surface area contributed by atoms with Gasteiger partial charge in [0, 0.05) is 38.8 Å². The topological polar surface area (TPSA) is 69.6 Å². The third-order valence-electron chi connectivity index (χ3n) is 4.42. The molecule has 26 heavy (non-hydrogen) atoms. The molecule has 0 bridgehead atoms. The molecule has 1 aliphatic rings. The molecule has 146 valence electrons. The third kappa shape index (κ3) is 7.88. The van der Waals surface area contributed by atoms with Crippen LogP contribution in [-0.4, -0.2) is 47.9 Å². The summed E-state index contributed by atoms with van der Waals surface area (Å²) < 4.78 is 0. The summed E-state index contributed by atoms with van der Waals surface area (Å²) in [6.07, 6.45) is 6.78. The first-order valence-electron chi connectivity index (χ1n) is 9.41. The van der Waals surface area contributed by atoms with E-state index in [0.717, 1.165) is 62.7 Å². The van der Waals surface area contributed by atoms with Gasteiger partial charge in [-0.3, -0.25) is 9.78 Å². The summed E-state index contributed by atoms with van der Waals surface area (Å²) in [5.74, 6) is 1.11. The molecule has 2 rings (SSSR count). The highest BCUT2D eigenvalue weighted by atomic mass is 127. The van der Waals surface area contributed by atoms with Crippen molar-refractivity contribution in [3.8, 4) is 0 Å². The van der Waals surface area contributed by atoms with Crippen molar-refractivity contribution in [1.29, 1.82) is 0 Å². The van der Waals surface area contributed by atoms with Crippen molar-refractivity contribution in [1.82, 2.24) is 20.5 Å². The number of pyridine rings is 1. The Labute approximate surface area is 174 Å². The fourth-order valence-corrected chi connectivity index (χ4v) is 2.93. The summed E-state index contributed by atoms with van der Waals surface area (Å²) in [5, 5.41) is 6.61. The lowest BCUT2D eigenvalue weighted by Crippen LogP contribution is -2.39. The van der Waals surface area contributed by atoms with E-state index in [1.165, 1.54) is 6.42 Å². The number of halogens is 1. The van der Waals surface area contributed by atoms with Crippen LogP contribution in [0.25, 0.3) is 0 Å². The minimum absolute atomic E-state index is 0. The minimum atomic E-state index is 0. The van der Waals surface area contributed by atoms with E-state index in [2.05, 4.69) is 40.5 Å². The molecule has 0 aromatic carbocycles. The number of amides is 1. The molecule has 0 unspecified atom stereocenters. The van der Waals surface area contributed by atoms with Gasteiger partial charge in [-0.2, -0.15) is 0 Å². The van der Waals surface area contributed by atoms with Gasteiger partial charge < -0.3 is 15.5 Å².